The third-order valence-corrected chi connectivity index (χ3v) is 4.10. The number of halogens is 2. The van der Waals surface area contributed by atoms with Gasteiger partial charge in [0.1, 0.15) is 18.2 Å². The van der Waals surface area contributed by atoms with Crippen molar-refractivity contribution in [1.29, 1.82) is 5.26 Å². The van der Waals surface area contributed by atoms with Crippen LogP contribution in [0, 0.1) is 11.3 Å². The predicted octanol–water partition coefficient (Wildman–Crippen LogP) is 5.05. The molecule has 0 unspecified atom stereocenters. The molecule has 0 aliphatic carbocycles. The monoisotopic (exact) mass is 405 g/mol. The Hall–Kier alpha value is -2.68. The Morgan fingerprint density at radius 3 is 2.59 bits per heavy atom. The topological polar surface area (TPSA) is 68.6 Å². The summed E-state index contributed by atoms with van der Waals surface area (Å²) in [5.41, 5.74) is 1.29. The van der Waals surface area contributed by atoms with Gasteiger partial charge in [-0.25, -0.2) is 4.79 Å². The van der Waals surface area contributed by atoms with Crippen LogP contribution >= 0.6 is 23.2 Å². The van der Waals surface area contributed by atoms with E-state index in [1.165, 1.54) is 13.2 Å². The standard InChI is InChI=1S/C20H17Cl2NO4/c1-3-26-20(24)15(11-23)8-13-4-7-18(19(9-13)25-2)27-12-14-5-6-16(21)10-17(14)22/h4-10H,3,12H2,1-2H3/b15-8+. The number of ether oxygens (including phenoxy) is 3. The minimum Gasteiger partial charge on any atom is -0.493 e. The second-order valence-electron chi connectivity index (χ2n) is 5.32. The highest BCUT2D eigenvalue weighted by Gasteiger charge is 2.12. The number of carbonyl (C=O) groups is 1. The van der Waals surface area contributed by atoms with Crippen LogP contribution in [0.1, 0.15) is 18.1 Å². The first-order valence-electron chi connectivity index (χ1n) is 8.02. The van der Waals surface area contributed by atoms with E-state index in [9.17, 15) is 4.79 Å². The van der Waals surface area contributed by atoms with E-state index in [4.69, 9.17) is 42.7 Å². The molecule has 0 amide bonds. The molecular formula is C20H17Cl2NO4. The van der Waals surface area contributed by atoms with E-state index in [1.807, 2.05) is 6.07 Å². The highest BCUT2D eigenvalue weighted by molar-refractivity contribution is 6.35. The summed E-state index contributed by atoms with van der Waals surface area (Å²) in [5, 5.41) is 10.2. The molecule has 27 heavy (non-hydrogen) atoms. The first kappa shape index (κ1) is 20.6. The van der Waals surface area contributed by atoms with Crippen molar-refractivity contribution in [2.45, 2.75) is 13.5 Å². The van der Waals surface area contributed by atoms with E-state index in [2.05, 4.69) is 0 Å². The molecule has 5 nitrogen and oxygen atoms in total. The van der Waals surface area contributed by atoms with Gasteiger partial charge in [-0.2, -0.15) is 5.26 Å². The first-order valence-corrected chi connectivity index (χ1v) is 8.77. The Labute approximate surface area is 167 Å². The lowest BCUT2D eigenvalue weighted by atomic mass is 10.1. The molecule has 0 N–H and O–H groups in total. The summed E-state index contributed by atoms with van der Waals surface area (Å²) in [5.74, 6) is 0.280. The number of nitriles is 1. The fraction of sp³-hybridized carbons (Fsp3) is 0.200. The van der Waals surface area contributed by atoms with Crippen LogP contribution in [-0.2, 0) is 16.1 Å². The summed E-state index contributed by atoms with van der Waals surface area (Å²) in [7, 11) is 1.50. The fourth-order valence-electron chi connectivity index (χ4n) is 2.20. The third kappa shape index (κ3) is 5.65. The minimum atomic E-state index is -0.670. The van der Waals surface area contributed by atoms with Crippen molar-refractivity contribution < 1.29 is 19.0 Å². The lowest BCUT2D eigenvalue weighted by Crippen LogP contribution is -2.06. The largest absolute Gasteiger partial charge is 0.493 e. The average Bonchev–Trinajstić information content (AvgIpc) is 2.66. The number of nitrogens with zero attached hydrogens (tertiary/aromatic N) is 1. The summed E-state index contributed by atoms with van der Waals surface area (Å²) in [4.78, 5) is 11.7. The quantitative estimate of drug-likeness (QED) is 0.366. The molecule has 2 aromatic carbocycles. The highest BCUT2D eigenvalue weighted by atomic mass is 35.5. The van der Waals surface area contributed by atoms with Crippen LogP contribution in [0.2, 0.25) is 10.0 Å². The van der Waals surface area contributed by atoms with Crippen LogP contribution in [-0.4, -0.2) is 19.7 Å². The van der Waals surface area contributed by atoms with Gasteiger partial charge in [0.15, 0.2) is 11.5 Å². The molecule has 140 valence electrons. The Kier molecular flexibility index (Phi) is 7.54. The molecular weight excluding hydrogens is 389 g/mol. The normalized spacial score (nSPS) is 10.9. The molecule has 0 radical (unpaired) electrons. The maximum atomic E-state index is 11.7. The van der Waals surface area contributed by atoms with Crippen molar-refractivity contribution in [3.05, 3.63) is 63.1 Å². The van der Waals surface area contributed by atoms with Gasteiger partial charge in [-0.3, -0.25) is 0 Å². The van der Waals surface area contributed by atoms with Crippen molar-refractivity contribution >= 4 is 35.2 Å². The second kappa shape index (κ2) is 9.86. The molecule has 0 fully saturated rings. The van der Waals surface area contributed by atoms with Gasteiger partial charge >= 0.3 is 5.97 Å². The Bertz CT molecular complexity index is 903. The zero-order valence-electron chi connectivity index (χ0n) is 14.8. The zero-order valence-corrected chi connectivity index (χ0v) is 16.3. The molecule has 0 aliphatic rings. The van der Waals surface area contributed by atoms with Crippen molar-refractivity contribution in [2.75, 3.05) is 13.7 Å². The van der Waals surface area contributed by atoms with E-state index in [0.29, 0.717) is 27.1 Å². The predicted molar refractivity (Wildman–Crippen MR) is 104 cm³/mol. The van der Waals surface area contributed by atoms with Crippen LogP contribution in [0.4, 0.5) is 0 Å². The molecule has 2 aromatic rings. The molecule has 0 saturated heterocycles. The van der Waals surface area contributed by atoms with Crippen LogP contribution in [0.5, 0.6) is 11.5 Å². The molecule has 0 atom stereocenters. The Morgan fingerprint density at radius 1 is 1.19 bits per heavy atom. The summed E-state index contributed by atoms with van der Waals surface area (Å²) < 4.78 is 16.0. The van der Waals surface area contributed by atoms with Gasteiger partial charge in [0.25, 0.3) is 0 Å². The number of carbonyl (C=O) groups excluding carboxylic acids is 1. The molecule has 0 bridgehead atoms. The summed E-state index contributed by atoms with van der Waals surface area (Å²) in [6, 6.07) is 12.1. The highest BCUT2D eigenvalue weighted by Crippen LogP contribution is 2.31. The van der Waals surface area contributed by atoms with Crippen molar-refractivity contribution in [3.63, 3.8) is 0 Å². The fourth-order valence-corrected chi connectivity index (χ4v) is 2.66. The van der Waals surface area contributed by atoms with Crippen LogP contribution < -0.4 is 9.47 Å². The number of benzene rings is 2. The summed E-state index contributed by atoms with van der Waals surface area (Å²) >= 11 is 12.0. The van der Waals surface area contributed by atoms with E-state index >= 15 is 0 Å². The Balaban J connectivity index is 2.20. The van der Waals surface area contributed by atoms with Crippen molar-refractivity contribution in [1.82, 2.24) is 0 Å². The van der Waals surface area contributed by atoms with Crippen LogP contribution in [0.3, 0.4) is 0 Å². The third-order valence-electron chi connectivity index (χ3n) is 3.51. The number of methoxy groups -OCH3 is 1. The average molecular weight is 406 g/mol. The van der Waals surface area contributed by atoms with Gasteiger partial charge in [-0.1, -0.05) is 35.3 Å². The lowest BCUT2D eigenvalue weighted by Gasteiger charge is -2.12. The Morgan fingerprint density at radius 2 is 1.96 bits per heavy atom. The van der Waals surface area contributed by atoms with Gasteiger partial charge in [-0.05, 0) is 42.8 Å². The van der Waals surface area contributed by atoms with Crippen molar-refractivity contribution in [3.8, 4) is 17.6 Å². The van der Waals surface area contributed by atoms with Crippen LogP contribution in [0.15, 0.2) is 42.0 Å². The van der Waals surface area contributed by atoms with Crippen molar-refractivity contribution in [2.24, 2.45) is 0 Å². The zero-order chi connectivity index (χ0) is 19.8. The van der Waals surface area contributed by atoms with E-state index in [1.54, 1.807) is 43.3 Å². The molecule has 0 aromatic heterocycles. The first-order chi connectivity index (χ1) is 13.0. The minimum absolute atomic E-state index is 0.0967. The van der Waals surface area contributed by atoms with Gasteiger partial charge in [0, 0.05) is 15.6 Å². The molecule has 7 heteroatoms. The number of hydrogen-bond acceptors (Lipinski definition) is 5. The smallest absolute Gasteiger partial charge is 0.348 e. The molecule has 0 spiro atoms. The van der Waals surface area contributed by atoms with Gasteiger partial charge < -0.3 is 14.2 Å². The molecule has 2 rings (SSSR count). The molecule has 0 aliphatic heterocycles. The van der Waals surface area contributed by atoms with Gasteiger partial charge in [-0.15, -0.1) is 0 Å². The SMILES string of the molecule is CCOC(=O)/C(C#N)=C/c1ccc(OCc2ccc(Cl)cc2Cl)c(OC)c1. The van der Waals surface area contributed by atoms with E-state index in [-0.39, 0.29) is 18.8 Å². The number of hydrogen-bond donors (Lipinski definition) is 0. The van der Waals surface area contributed by atoms with Gasteiger partial charge in [0.2, 0.25) is 0 Å². The second-order valence-corrected chi connectivity index (χ2v) is 6.17. The lowest BCUT2D eigenvalue weighted by molar-refractivity contribution is -0.137. The number of esters is 1. The number of rotatable bonds is 7. The summed E-state index contributed by atoms with van der Waals surface area (Å²) in [6.45, 7) is 2.10. The molecule has 0 heterocycles. The summed E-state index contributed by atoms with van der Waals surface area (Å²) in [6.07, 6.45) is 1.43. The molecule has 0 saturated carbocycles. The maximum Gasteiger partial charge on any atom is 0.348 e. The van der Waals surface area contributed by atoms with Crippen LogP contribution in [0.25, 0.3) is 6.08 Å². The van der Waals surface area contributed by atoms with E-state index < -0.39 is 5.97 Å². The van der Waals surface area contributed by atoms with Gasteiger partial charge in [0.05, 0.1) is 13.7 Å². The van der Waals surface area contributed by atoms with E-state index in [0.717, 1.165) is 5.56 Å². The maximum absolute atomic E-state index is 11.7.